The number of esters is 1. The van der Waals surface area contributed by atoms with Gasteiger partial charge in [0.05, 0.1) is 36.0 Å². The number of aromatic nitrogens is 2. The van der Waals surface area contributed by atoms with Gasteiger partial charge in [0.15, 0.2) is 0 Å². The molecular weight excluding hydrogens is 458 g/mol. The van der Waals surface area contributed by atoms with Crippen LogP contribution in [0.2, 0.25) is 5.02 Å². The Morgan fingerprint density at radius 3 is 2.50 bits per heavy atom. The van der Waals surface area contributed by atoms with E-state index in [2.05, 4.69) is 10.4 Å². The smallest absolute Gasteiger partial charge is 0.338 e. The summed E-state index contributed by atoms with van der Waals surface area (Å²) in [5.41, 5.74) is 0.383. The van der Waals surface area contributed by atoms with Gasteiger partial charge < -0.3 is 15.2 Å². The van der Waals surface area contributed by atoms with Gasteiger partial charge in [-0.1, -0.05) is 11.6 Å². The molecule has 2 N–H and O–H groups in total. The Labute approximate surface area is 202 Å². The summed E-state index contributed by atoms with van der Waals surface area (Å²) in [7, 11) is 0. The second-order valence-corrected chi connectivity index (χ2v) is 10.6. The number of ether oxygens (including phenoxy) is 1. The highest BCUT2D eigenvalue weighted by Gasteiger charge is 2.59. The summed E-state index contributed by atoms with van der Waals surface area (Å²) >= 11 is 6.53. The van der Waals surface area contributed by atoms with Crippen LogP contribution in [-0.2, 0) is 15.1 Å². The van der Waals surface area contributed by atoms with Crippen LogP contribution in [0.5, 0.6) is 0 Å². The van der Waals surface area contributed by atoms with E-state index in [1.807, 2.05) is 0 Å². The lowest BCUT2D eigenvalue weighted by Crippen LogP contribution is -2.59. The monoisotopic (exact) mass is 485 g/mol. The first-order valence-corrected chi connectivity index (χ1v) is 12.1. The third kappa shape index (κ3) is 3.98. The van der Waals surface area contributed by atoms with Crippen molar-refractivity contribution < 1.29 is 19.4 Å². The number of nitrogens with zero attached hydrogens (tertiary/aromatic N) is 2. The van der Waals surface area contributed by atoms with Gasteiger partial charge in [0, 0.05) is 5.69 Å². The van der Waals surface area contributed by atoms with Gasteiger partial charge in [-0.05, 0) is 87.0 Å². The molecule has 1 heterocycles. The quantitative estimate of drug-likeness (QED) is 0.552. The van der Waals surface area contributed by atoms with Gasteiger partial charge in [0.25, 0.3) is 5.56 Å². The zero-order chi connectivity index (χ0) is 24.1. The summed E-state index contributed by atoms with van der Waals surface area (Å²) in [6.45, 7) is 2.05. The van der Waals surface area contributed by atoms with Gasteiger partial charge in [-0.25, -0.2) is 9.48 Å². The van der Waals surface area contributed by atoms with E-state index in [1.165, 1.54) is 0 Å². The largest absolute Gasteiger partial charge is 0.481 e. The number of nitrogens with one attached hydrogen (secondary N) is 1. The second kappa shape index (κ2) is 8.41. The number of carboxylic acid groups (broad SMARTS) is 1. The van der Waals surface area contributed by atoms with Crippen LogP contribution in [0, 0.1) is 17.3 Å². The number of hydrogen-bond donors (Lipinski definition) is 2. The molecule has 180 valence electrons. The molecule has 2 atom stereocenters. The normalized spacial score (nSPS) is 29.1. The molecule has 0 spiro atoms. The third-order valence-corrected chi connectivity index (χ3v) is 8.09. The number of halogens is 1. The van der Waals surface area contributed by atoms with Gasteiger partial charge in [0.2, 0.25) is 0 Å². The van der Waals surface area contributed by atoms with Crippen molar-refractivity contribution in [3.63, 3.8) is 0 Å². The van der Waals surface area contributed by atoms with Crippen LogP contribution in [0.25, 0.3) is 0 Å². The first-order chi connectivity index (χ1) is 16.2. The van der Waals surface area contributed by atoms with Crippen LogP contribution >= 0.6 is 11.6 Å². The maximum absolute atomic E-state index is 13.4. The van der Waals surface area contributed by atoms with E-state index in [9.17, 15) is 19.5 Å². The van der Waals surface area contributed by atoms with E-state index in [-0.39, 0.29) is 22.4 Å². The van der Waals surface area contributed by atoms with E-state index in [0.29, 0.717) is 41.8 Å². The summed E-state index contributed by atoms with van der Waals surface area (Å²) in [6.07, 6.45) is 6.99. The molecule has 4 fully saturated rings. The van der Waals surface area contributed by atoms with Gasteiger partial charge in [0.1, 0.15) is 5.02 Å². The Morgan fingerprint density at radius 2 is 1.88 bits per heavy atom. The van der Waals surface area contributed by atoms with Crippen LogP contribution in [0.15, 0.2) is 35.3 Å². The molecular formula is C25H28ClN3O5. The summed E-state index contributed by atoms with van der Waals surface area (Å²) in [5, 5.41) is 17.2. The van der Waals surface area contributed by atoms with Gasteiger partial charge >= 0.3 is 11.9 Å². The minimum atomic E-state index is -0.774. The van der Waals surface area contributed by atoms with E-state index < -0.39 is 17.5 Å². The Hall–Kier alpha value is -2.87. The lowest BCUT2D eigenvalue weighted by Gasteiger charge is -2.61. The van der Waals surface area contributed by atoms with Gasteiger partial charge in [-0.15, -0.1) is 0 Å². The maximum Gasteiger partial charge on any atom is 0.338 e. The molecule has 34 heavy (non-hydrogen) atoms. The average molecular weight is 486 g/mol. The van der Waals surface area contributed by atoms with Gasteiger partial charge in [-0.2, -0.15) is 5.10 Å². The third-order valence-electron chi connectivity index (χ3n) is 7.72. The van der Waals surface area contributed by atoms with Gasteiger partial charge in [-0.3, -0.25) is 9.59 Å². The fourth-order valence-electron chi connectivity index (χ4n) is 7.09. The Kier molecular flexibility index (Phi) is 5.67. The predicted octanol–water partition coefficient (Wildman–Crippen LogP) is 4.59. The second-order valence-electron chi connectivity index (χ2n) is 10.3. The maximum atomic E-state index is 13.4. The highest BCUT2D eigenvalue weighted by Crippen LogP contribution is 2.65. The molecule has 4 bridgehead atoms. The van der Waals surface area contributed by atoms with Crippen molar-refractivity contribution in [2.45, 2.75) is 57.4 Å². The average Bonchev–Trinajstić information content (AvgIpc) is 2.75. The molecule has 6 rings (SSSR count). The first-order valence-electron chi connectivity index (χ1n) is 11.8. The fraction of sp³-hybridized carbons (Fsp3) is 0.520. The van der Waals surface area contributed by atoms with Crippen LogP contribution in [0.1, 0.15) is 62.2 Å². The molecule has 0 unspecified atom stereocenters. The van der Waals surface area contributed by atoms with Crippen LogP contribution in [0.3, 0.4) is 0 Å². The molecule has 2 aromatic rings. The zero-order valence-electron chi connectivity index (χ0n) is 19.1. The minimum absolute atomic E-state index is 0.0486. The summed E-state index contributed by atoms with van der Waals surface area (Å²) in [4.78, 5) is 36.8. The topological polar surface area (TPSA) is 111 Å². The van der Waals surface area contributed by atoms with Crippen molar-refractivity contribution in [2.24, 2.45) is 17.3 Å². The number of carboxylic acids is 1. The molecule has 0 amide bonds. The molecule has 8 nitrogen and oxygen atoms in total. The highest BCUT2D eigenvalue weighted by molar-refractivity contribution is 6.33. The Bertz CT molecular complexity index is 1180. The number of rotatable bonds is 7. The molecule has 0 radical (unpaired) electrons. The molecule has 1 aromatic carbocycles. The number of anilines is 2. The van der Waals surface area contributed by atoms with Crippen LogP contribution in [0.4, 0.5) is 11.4 Å². The van der Waals surface area contributed by atoms with E-state index in [1.54, 1.807) is 42.1 Å². The Balaban J connectivity index is 1.41. The molecule has 0 aliphatic heterocycles. The predicted molar refractivity (Wildman–Crippen MR) is 127 cm³/mol. The first kappa shape index (κ1) is 22.9. The molecule has 1 aromatic heterocycles. The number of carbonyl (C=O) groups is 2. The van der Waals surface area contributed by atoms with Crippen molar-refractivity contribution >= 4 is 34.9 Å². The highest BCUT2D eigenvalue weighted by atomic mass is 35.5. The standard InChI is InChI=1S/C25H28ClN3O5/c1-2-34-23(33)17-3-5-18(6-4-17)28-19-13-27-29(22(32)21(19)26)25-10-15-7-16(11-25)9-24(8-15,14-25)12-20(30)31/h3-6,13,15-16,28H,2,7-12,14H2,1H3,(H,30,31)/t15-,16-,24?,25?/m0/s1. The van der Waals surface area contributed by atoms with Crippen LogP contribution < -0.4 is 10.9 Å². The molecule has 4 aliphatic carbocycles. The van der Waals surface area contributed by atoms with Crippen molar-refractivity contribution in [3.05, 3.63) is 51.4 Å². The summed E-state index contributed by atoms with van der Waals surface area (Å²) in [5.74, 6) is -0.330. The van der Waals surface area contributed by atoms with Crippen molar-refractivity contribution in [1.82, 2.24) is 9.78 Å². The lowest BCUT2D eigenvalue weighted by molar-refractivity contribution is -0.151. The number of carbonyl (C=O) groups excluding carboxylic acids is 1. The summed E-state index contributed by atoms with van der Waals surface area (Å²) in [6, 6.07) is 6.70. The zero-order valence-corrected chi connectivity index (χ0v) is 19.8. The van der Waals surface area contributed by atoms with E-state index >= 15 is 0 Å². The number of hydrogen-bond acceptors (Lipinski definition) is 6. The lowest BCUT2D eigenvalue weighted by atomic mass is 9.46. The fourth-order valence-corrected chi connectivity index (χ4v) is 7.27. The van der Waals surface area contributed by atoms with Crippen molar-refractivity contribution in [2.75, 3.05) is 11.9 Å². The number of benzene rings is 1. The Morgan fingerprint density at radius 1 is 1.21 bits per heavy atom. The molecule has 0 saturated heterocycles. The van der Waals surface area contributed by atoms with Crippen LogP contribution in [-0.4, -0.2) is 33.4 Å². The molecule has 9 heteroatoms. The van der Waals surface area contributed by atoms with Crippen molar-refractivity contribution in [1.29, 1.82) is 0 Å². The summed E-state index contributed by atoms with van der Waals surface area (Å²) < 4.78 is 6.54. The molecule has 4 aliphatic rings. The molecule has 4 saturated carbocycles. The SMILES string of the molecule is CCOC(=O)c1ccc(Nc2cnn(C34C[C@H]5C[C@@H](CC(CC(=O)O)(C5)C3)C4)c(=O)c2Cl)cc1. The van der Waals surface area contributed by atoms with Crippen molar-refractivity contribution in [3.8, 4) is 0 Å². The minimum Gasteiger partial charge on any atom is -0.481 e. The van der Waals surface area contributed by atoms with E-state index in [4.69, 9.17) is 16.3 Å². The van der Waals surface area contributed by atoms with E-state index in [0.717, 1.165) is 32.1 Å². The number of aliphatic carboxylic acids is 1.